The summed E-state index contributed by atoms with van der Waals surface area (Å²) in [6.45, 7) is 4.56. The number of ether oxygens (including phenoxy) is 2. The van der Waals surface area contributed by atoms with Gasteiger partial charge in [-0.05, 0) is 18.2 Å². The molecule has 2 aliphatic heterocycles. The predicted molar refractivity (Wildman–Crippen MR) is 68.1 cm³/mol. The van der Waals surface area contributed by atoms with Gasteiger partial charge >= 0.3 is 6.03 Å². The molecule has 102 valence electrons. The highest BCUT2D eigenvalue weighted by Gasteiger charge is 2.22. The first kappa shape index (κ1) is 12.1. The number of nitrogens with zero attached hydrogens (tertiary/aromatic N) is 1. The lowest BCUT2D eigenvalue weighted by atomic mass is 10.1. The quantitative estimate of drug-likeness (QED) is 0.734. The van der Waals surface area contributed by atoms with Gasteiger partial charge in [-0.25, -0.2) is 4.79 Å². The van der Waals surface area contributed by atoms with Crippen LogP contribution in [0.25, 0.3) is 0 Å². The van der Waals surface area contributed by atoms with Crippen LogP contribution in [0.1, 0.15) is 5.56 Å². The van der Waals surface area contributed by atoms with Crippen molar-refractivity contribution in [1.82, 2.24) is 4.90 Å². The molecule has 1 aromatic rings. The fourth-order valence-corrected chi connectivity index (χ4v) is 2.56. The van der Waals surface area contributed by atoms with Gasteiger partial charge in [-0.2, -0.15) is 0 Å². The van der Waals surface area contributed by atoms with Crippen molar-refractivity contribution >= 4 is 6.03 Å². The molecule has 3 N–H and O–H groups in total. The summed E-state index contributed by atoms with van der Waals surface area (Å²) in [5.74, 6) is 1.64. The number of piperazine rings is 1. The lowest BCUT2D eigenvalue weighted by Gasteiger charge is -2.31. The molecule has 0 bridgehead atoms. The van der Waals surface area contributed by atoms with E-state index in [-0.39, 0.29) is 6.03 Å². The molecule has 0 radical (unpaired) electrons. The summed E-state index contributed by atoms with van der Waals surface area (Å²) < 4.78 is 10.7. The molecule has 6 nitrogen and oxygen atoms in total. The zero-order valence-electron chi connectivity index (χ0n) is 10.7. The highest BCUT2D eigenvalue weighted by molar-refractivity contribution is 5.71. The molecule has 0 aromatic heterocycles. The number of fused-ring (bicyclic) bond motifs is 1. The Labute approximate surface area is 111 Å². The van der Waals surface area contributed by atoms with Gasteiger partial charge in [0, 0.05) is 5.56 Å². The average molecular weight is 264 g/mol. The SMILES string of the molecule is NC(=O)N1CC[NH+](Cc2ccc3c(c2)OCO3)CC1. The van der Waals surface area contributed by atoms with Crippen molar-refractivity contribution in [3.8, 4) is 11.5 Å². The number of carbonyl (C=O) groups excluding carboxylic acids is 1. The van der Waals surface area contributed by atoms with Gasteiger partial charge in [0.2, 0.25) is 6.79 Å². The Morgan fingerprint density at radius 2 is 2.00 bits per heavy atom. The smallest absolute Gasteiger partial charge is 0.315 e. The molecule has 0 spiro atoms. The van der Waals surface area contributed by atoms with Gasteiger partial charge in [0.25, 0.3) is 0 Å². The summed E-state index contributed by atoms with van der Waals surface area (Å²) in [5.41, 5.74) is 6.50. The van der Waals surface area contributed by atoms with Crippen molar-refractivity contribution in [2.24, 2.45) is 5.73 Å². The molecule has 1 fully saturated rings. The normalized spacial score (nSPS) is 18.6. The maximum absolute atomic E-state index is 11.1. The number of hydrogen-bond donors (Lipinski definition) is 2. The molecule has 2 amide bonds. The van der Waals surface area contributed by atoms with E-state index >= 15 is 0 Å². The molecule has 0 atom stereocenters. The maximum Gasteiger partial charge on any atom is 0.315 e. The lowest BCUT2D eigenvalue weighted by Crippen LogP contribution is -3.13. The van der Waals surface area contributed by atoms with E-state index in [0.717, 1.165) is 44.2 Å². The van der Waals surface area contributed by atoms with Crippen LogP contribution in [0.5, 0.6) is 11.5 Å². The van der Waals surface area contributed by atoms with Crippen LogP contribution in [0.3, 0.4) is 0 Å². The van der Waals surface area contributed by atoms with E-state index in [1.165, 1.54) is 10.5 Å². The zero-order chi connectivity index (χ0) is 13.2. The summed E-state index contributed by atoms with van der Waals surface area (Å²) in [6, 6.07) is 5.75. The monoisotopic (exact) mass is 264 g/mol. The van der Waals surface area contributed by atoms with E-state index in [1.54, 1.807) is 4.90 Å². The largest absolute Gasteiger partial charge is 0.454 e. The number of rotatable bonds is 2. The molecular weight excluding hydrogens is 246 g/mol. The van der Waals surface area contributed by atoms with Crippen molar-refractivity contribution in [3.63, 3.8) is 0 Å². The average Bonchev–Trinajstić information content (AvgIpc) is 2.87. The topological polar surface area (TPSA) is 69.2 Å². The number of hydrogen-bond acceptors (Lipinski definition) is 3. The first-order valence-corrected chi connectivity index (χ1v) is 6.49. The van der Waals surface area contributed by atoms with Crippen LogP contribution in [0.4, 0.5) is 4.79 Å². The van der Waals surface area contributed by atoms with Crippen LogP contribution >= 0.6 is 0 Å². The summed E-state index contributed by atoms with van der Waals surface area (Å²) >= 11 is 0. The highest BCUT2D eigenvalue weighted by atomic mass is 16.7. The highest BCUT2D eigenvalue weighted by Crippen LogP contribution is 2.32. The minimum Gasteiger partial charge on any atom is -0.454 e. The van der Waals surface area contributed by atoms with Crippen LogP contribution in [-0.2, 0) is 6.54 Å². The van der Waals surface area contributed by atoms with Crippen molar-refractivity contribution in [2.45, 2.75) is 6.54 Å². The van der Waals surface area contributed by atoms with E-state index in [4.69, 9.17) is 15.2 Å². The van der Waals surface area contributed by atoms with E-state index in [1.807, 2.05) is 12.1 Å². The molecule has 0 aliphatic carbocycles. The van der Waals surface area contributed by atoms with Gasteiger partial charge in [-0.3, -0.25) is 0 Å². The third-order valence-corrected chi connectivity index (χ3v) is 3.67. The van der Waals surface area contributed by atoms with Crippen molar-refractivity contribution in [1.29, 1.82) is 0 Å². The number of nitrogens with one attached hydrogen (secondary N) is 1. The molecule has 3 rings (SSSR count). The van der Waals surface area contributed by atoms with Crippen molar-refractivity contribution in [2.75, 3.05) is 33.0 Å². The van der Waals surface area contributed by atoms with Crippen molar-refractivity contribution in [3.05, 3.63) is 23.8 Å². The Balaban J connectivity index is 1.59. The molecule has 6 heteroatoms. The predicted octanol–water partition coefficient (Wildman–Crippen LogP) is -0.805. The second-order valence-electron chi connectivity index (χ2n) is 4.94. The minimum absolute atomic E-state index is 0.308. The Hall–Kier alpha value is -1.95. The lowest BCUT2D eigenvalue weighted by molar-refractivity contribution is -0.917. The Morgan fingerprint density at radius 3 is 2.74 bits per heavy atom. The third-order valence-electron chi connectivity index (χ3n) is 3.67. The Kier molecular flexibility index (Phi) is 3.16. The van der Waals surface area contributed by atoms with Gasteiger partial charge in [0.15, 0.2) is 11.5 Å². The molecule has 2 heterocycles. The standard InChI is InChI=1S/C13H17N3O3/c14-13(17)16-5-3-15(4-6-16)8-10-1-2-11-12(7-10)19-9-18-11/h1-2,7H,3-6,8-9H2,(H2,14,17)/p+1. The summed E-state index contributed by atoms with van der Waals surface area (Å²) in [7, 11) is 0. The van der Waals surface area contributed by atoms with Gasteiger partial charge < -0.3 is 25.0 Å². The van der Waals surface area contributed by atoms with Crippen LogP contribution in [0.2, 0.25) is 0 Å². The molecule has 2 aliphatic rings. The molecule has 1 aromatic carbocycles. The Morgan fingerprint density at radius 1 is 1.26 bits per heavy atom. The Bertz CT molecular complexity index is 484. The number of nitrogens with two attached hydrogens (primary N) is 1. The molecule has 1 saturated heterocycles. The fourth-order valence-electron chi connectivity index (χ4n) is 2.56. The molecule has 19 heavy (non-hydrogen) atoms. The van der Waals surface area contributed by atoms with Crippen LogP contribution in [0, 0.1) is 0 Å². The number of benzene rings is 1. The van der Waals surface area contributed by atoms with Crippen LogP contribution < -0.4 is 20.1 Å². The third kappa shape index (κ3) is 2.58. The number of urea groups is 1. The first-order valence-electron chi connectivity index (χ1n) is 6.49. The van der Waals surface area contributed by atoms with E-state index in [0.29, 0.717) is 6.79 Å². The van der Waals surface area contributed by atoms with Crippen LogP contribution in [0.15, 0.2) is 18.2 Å². The van der Waals surface area contributed by atoms with E-state index in [2.05, 4.69) is 6.07 Å². The van der Waals surface area contributed by atoms with Crippen molar-refractivity contribution < 1.29 is 19.2 Å². The van der Waals surface area contributed by atoms with Gasteiger partial charge in [0.1, 0.15) is 6.54 Å². The summed E-state index contributed by atoms with van der Waals surface area (Å²) in [5, 5.41) is 0. The molecule has 0 unspecified atom stereocenters. The van der Waals surface area contributed by atoms with Gasteiger partial charge in [0.05, 0.1) is 26.2 Å². The van der Waals surface area contributed by atoms with Crippen LogP contribution in [-0.4, -0.2) is 43.9 Å². The fraction of sp³-hybridized carbons (Fsp3) is 0.462. The minimum atomic E-state index is -0.317. The number of carbonyl (C=O) groups is 1. The number of primary amides is 1. The zero-order valence-corrected chi connectivity index (χ0v) is 10.7. The molecular formula is C13H18N3O3+. The number of amides is 2. The first-order chi connectivity index (χ1) is 9.22. The summed E-state index contributed by atoms with van der Waals surface area (Å²) in [6.07, 6.45) is 0. The maximum atomic E-state index is 11.1. The molecule has 0 saturated carbocycles. The van der Waals surface area contributed by atoms with E-state index < -0.39 is 0 Å². The second kappa shape index (κ2) is 4.97. The van der Waals surface area contributed by atoms with Gasteiger partial charge in [-0.1, -0.05) is 0 Å². The van der Waals surface area contributed by atoms with Gasteiger partial charge in [-0.15, -0.1) is 0 Å². The van der Waals surface area contributed by atoms with E-state index in [9.17, 15) is 4.79 Å². The second-order valence-corrected chi connectivity index (χ2v) is 4.94. The summed E-state index contributed by atoms with van der Waals surface area (Å²) in [4.78, 5) is 14.2. The number of quaternary nitrogens is 1.